The van der Waals surface area contributed by atoms with Crippen molar-refractivity contribution in [1.82, 2.24) is 0 Å². The van der Waals surface area contributed by atoms with E-state index in [1.165, 1.54) is 0 Å². The Balaban J connectivity index is -0.000000107. The summed E-state index contributed by atoms with van der Waals surface area (Å²) in [4.78, 5) is 21.6. The molecule has 0 aromatic carbocycles. The van der Waals surface area contributed by atoms with Crippen molar-refractivity contribution in [2.24, 2.45) is 0 Å². The Bertz CT molecular complexity index is 88.5. The fraction of sp³-hybridized carbons (Fsp3) is 1.00. The minimum atomic E-state index is -4.64. The van der Waals surface area contributed by atoms with Crippen molar-refractivity contribution in [3.8, 4) is 0 Å². The van der Waals surface area contributed by atoms with Gasteiger partial charge in [0.25, 0.3) is 0 Å². The van der Waals surface area contributed by atoms with Gasteiger partial charge in [-0.1, -0.05) is 13.3 Å². The molecule has 7 heteroatoms. The second-order valence-electron chi connectivity index (χ2n) is 1.59. The van der Waals surface area contributed by atoms with Gasteiger partial charge in [0.2, 0.25) is 0 Å². The molecule has 6 nitrogen and oxygen atoms in total. The van der Waals surface area contributed by atoms with Crippen molar-refractivity contribution in [3.05, 3.63) is 0 Å². The van der Waals surface area contributed by atoms with Gasteiger partial charge in [0.15, 0.2) is 0 Å². The van der Waals surface area contributed by atoms with E-state index in [0.29, 0.717) is 6.61 Å². The summed E-state index contributed by atoms with van der Waals surface area (Å²) in [6.07, 6.45) is 2.04. The van der Waals surface area contributed by atoms with Crippen LogP contribution in [0.3, 0.4) is 0 Å². The minimum absolute atomic E-state index is 0. The zero-order valence-electron chi connectivity index (χ0n) is 6.27. The fourth-order valence-electron chi connectivity index (χ4n) is 0.158. The molecule has 0 radical (unpaired) electrons. The topological polar surface area (TPSA) is 129 Å². The van der Waals surface area contributed by atoms with Crippen molar-refractivity contribution in [2.75, 3.05) is 6.61 Å². The highest BCUT2D eigenvalue weighted by molar-refractivity contribution is 7.45. The van der Waals surface area contributed by atoms with Gasteiger partial charge >= 0.3 is 7.82 Å². The van der Waals surface area contributed by atoms with Gasteiger partial charge in [-0.05, 0) is 6.42 Å². The van der Waals surface area contributed by atoms with E-state index in [2.05, 4.69) is 6.92 Å². The highest BCUT2D eigenvalue weighted by Crippen LogP contribution is 2.25. The van der Waals surface area contributed by atoms with E-state index < -0.39 is 7.82 Å². The maximum atomic E-state index is 8.88. The molecule has 0 rings (SSSR count). The van der Waals surface area contributed by atoms with Crippen LogP contribution in [0.25, 0.3) is 0 Å². The number of unbranched alkanes of at least 4 members (excludes halogenated alkanes) is 1. The molecule has 72 valence electrons. The fourth-order valence-corrected chi connectivity index (χ4v) is 0.158. The van der Waals surface area contributed by atoms with Crippen LogP contribution in [0.5, 0.6) is 0 Å². The van der Waals surface area contributed by atoms with E-state index in [9.17, 15) is 0 Å². The first-order valence-electron chi connectivity index (χ1n) is 2.81. The van der Waals surface area contributed by atoms with E-state index in [1.807, 2.05) is 0 Å². The highest BCUT2D eigenvalue weighted by atomic mass is 31.2. The van der Waals surface area contributed by atoms with Gasteiger partial charge in [0.1, 0.15) is 0 Å². The summed E-state index contributed by atoms with van der Waals surface area (Å²) in [6, 6.07) is 0. The van der Waals surface area contributed by atoms with Gasteiger partial charge in [-0.3, -0.25) is 0 Å². The molecule has 0 aromatic heterocycles. The number of aliphatic hydroxyl groups is 1. The quantitative estimate of drug-likeness (QED) is 0.416. The van der Waals surface area contributed by atoms with Crippen molar-refractivity contribution >= 4 is 7.82 Å². The lowest BCUT2D eigenvalue weighted by Gasteiger charge is -1.82. The molecule has 0 aromatic rings. The second kappa shape index (κ2) is 10.0. The summed E-state index contributed by atoms with van der Waals surface area (Å²) in [6.45, 7) is 2.40. The SMILES string of the molecule is CCCCO.O.O=P(O)(O)O. The Kier molecular flexibility index (Phi) is 15.7. The molecule has 0 atom stereocenters. The van der Waals surface area contributed by atoms with E-state index >= 15 is 0 Å². The number of phosphoric acid groups is 1. The summed E-state index contributed by atoms with van der Waals surface area (Å²) in [5.74, 6) is 0. The van der Waals surface area contributed by atoms with Gasteiger partial charge in [-0.15, -0.1) is 0 Å². The average Bonchev–Trinajstić information content (AvgIpc) is 1.63. The number of rotatable bonds is 2. The molecule has 0 saturated carbocycles. The molecule has 0 amide bonds. The van der Waals surface area contributed by atoms with Crippen molar-refractivity contribution in [1.29, 1.82) is 0 Å². The Morgan fingerprint density at radius 2 is 1.55 bits per heavy atom. The molecule has 0 aliphatic rings. The Hall–Kier alpha value is 0.0300. The molecule has 0 heterocycles. The van der Waals surface area contributed by atoms with Crippen LogP contribution in [-0.2, 0) is 4.57 Å². The number of hydrogen-bond acceptors (Lipinski definition) is 2. The van der Waals surface area contributed by atoms with E-state index in [4.69, 9.17) is 24.4 Å². The molecule has 11 heavy (non-hydrogen) atoms. The Morgan fingerprint density at radius 3 is 1.55 bits per heavy atom. The lowest BCUT2D eigenvalue weighted by atomic mass is 10.4. The molecule has 0 unspecified atom stereocenters. The van der Waals surface area contributed by atoms with Crippen LogP contribution in [-0.4, -0.2) is 31.9 Å². The van der Waals surface area contributed by atoms with Gasteiger partial charge < -0.3 is 25.3 Å². The van der Waals surface area contributed by atoms with Crippen LogP contribution in [0, 0.1) is 0 Å². The van der Waals surface area contributed by atoms with E-state index in [-0.39, 0.29) is 5.48 Å². The van der Waals surface area contributed by atoms with Crippen LogP contribution in [0.1, 0.15) is 19.8 Å². The monoisotopic (exact) mass is 190 g/mol. The summed E-state index contributed by atoms with van der Waals surface area (Å²) >= 11 is 0. The normalized spacial score (nSPS) is 9.18. The molecule has 0 spiro atoms. The highest BCUT2D eigenvalue weighted by Gasteiger charge is 2.00. The van der Waals surface area contributed by atoms with Crippen LogP contribution < -0.4 is 0 Å². The van der Waals surface area contributed by atoms with Crippen molar-refractivity contribution < 1.29 is 29.8 Å². The molecule has 6 N–H and O–H groups in total. The lowest BCUT2D eigenvalue weighted by Crippen LogP contribution is -1.75. The van der Waals surface area contributed by atoms with Gasteiger partial charge in [0.05, 0.1) is 0 Å². The number of aliphatic hydroxyl groups excluding tert-OH is 1. The first-order chi connectivity index (χ1) is 4.41. The average molecular weight is 190 g/mol. The van der Waals surface area contributed by atoms with Gasteiger partial charge in [0, 0.05) is 6.61 Å². The summed E-state index contributed by atoms with van der Waals surface area (Å²) in [5.41, 5.74) is 0. The smallest absolute Gasteiger partial charge is 0.412 e. The van der Waals surface area contributed by atoms with Crippen LogP contribution in [0.15, 0.2) is 0 Å². The van der Waals surface area contributed by atoms with Crippen LogP contribution >= 0.6 is 7.82 Å². The van der Waals surface area contributed by atoms with Crippen LogP contribution in [0.2, 0.25) is 0 Å². The maximum Gasteiger partial charge on any atom is 0.466 e. The maximum absolute atomic E-state index is 8.88. The summed E-state index contributed by atoms with van der Waals surface area (Å²) in [5, 5.41) is 8.07. The van der Waals surface area contributed by atoms with Gasteiger partial charge in [-0.2, -0.15) is 0 Å². The summed E-state index contributed by atoms with van der Waals surface area (Å²) in [7, 11) is -4.64. The lowest BCUT2D eigenvalue weighted by molar-refractivity contribution is 0.275. The van der Waals surface area contributed by atoms with Gasteiger partial charge in [-0.25, -0.2) is 4.57 Å². The minimum Gasteiger partial charge on any atom is -0.412 e. The first-order valence-corrected chi connectivity index (χ1v) is 4.37. The first kappa shape index (κ1) is 17.2. The number of hydrogen-bond donors (Lipinski definition) is 4. The molecule has 0 aliphatic carbocycles. The Labute approximate surface area is 65.0 Å². The molecule has 0 aliphatic heterocycles. The standard InChI is InChI=1S/C4H10O.H3O4P.H2O/c1-2-3-4-5;1-5(2,3)4;/h5H,2-4H2,1H3;(H3,1,2,3,4);1H2. The summed E-state index contributed by atoms with van der Waals surface area (Å²) < 4.78 is 8.88. The largest absolute Gasteiger partial charge is 0.466 e. The third-order valence-electron chi connectivity index (χ3n) is 0.512. The van der Waals surface area contributed by atoms with E-state index in [0.717, 1.165) is 12.8 Å². The molecule has 0 saturated heterocycles. The van der Waals surface area contributed by atoms with Crippen LogP contribution in [0.4, 0.5) is 0 Å². The predicted octanol–water partition coefficient (Wildman–Crippen LogP) is -0.975. The second-order valence-corrected chi connectivity index (χ2v) is 2.62. The zero-order valence-corrected chi connectivity index (χ0v) is 7.16. The molecular weight excluding hydrogens is 175 g/mol. The van der Waals surface area contributed by atoms with Crippen molar-refractivity contribution in [2.45, 2.75) is 19.8 Å². The Morgan fingerprint density at radius 1 is 1.27 bits per heavy atom. The third kappa shape index (κ3) is 157. The molecule has 0 fully saturated rings. The molecular formula is C4H15O6P. The third-order valence-corrected chi connectivity index (χ3v) is 0.512. The predicted molar refractivity (Wildman–Crippen MR) is 39.9 cm³/mol. The molecule has 0 bridgehead atoms. The van der Waals surface area contributed by atoms with E-state index in [1.54, 1.807) is 0 Å². The van der Waals surface area contributed by atoms with Crippen molar-refractivity contribution in [3.63, 3.8) is 0 Å². The zero-order chi connectivity index (χ0) is 8.62.